The van der Waals surface area contributed by atoms with Gasteiger partial charge in [-0.1, -0.05) is 0 Å². The molecule has 0 fully saturated rings. The second-order valence-corrected chi connectivity index (χ2v) is 5.33. The Morgan fingerprint density at radius 2 is 1.84 bits per heavy atom. The van der Waals surface area contributed by atoms with Crippen molar-refractivity contribution in [3.63, 3.8) is 0 Å². The molecule has 0 radical (unpaired) electrons. The Hall–Kier alpha value is -2.22. The van der Waals surface area contributed by atoms with Gasteiger partial charge in [-0.25, -0.2) is 22.2 Å². The molecule has 0 aliphatic carbocycles. The molecule has 0 bridgehead atoms. The van der Waals surface area contributed by atoms with Crippen LogP contribution in [0.5, 0.6) is 0 Å². The lowest BCUT2D eigenvalue weighted by atomic mass is 10.3. The smallest absolute Gasteiger partial charge is 0.262 e. The number of aromatic nitrogens is 1. The van der Waals surface area contributed by atoms with Crippen LogP contribution in [-0.4, -0.2) is 13.4 Å². The number of anilines is 2. The fourth-order valence-corrected chi connectivity index (χ4v) is 2.44. The first-order valence-corrected chi connectivity index (χ1v) is 6.56. The van der Waals surface area contributed by atoms with Crippen molar-refractivity contribution in [1.29, 1.82) is 0 Å². The Kier molecular flexibility index (Phi) is 3.34. The molecule has 0 spiro atoms. The van der Waals surface area contributed by atoms with Gasteiger partial charge < -0.3 is 5.73 Å². The summed E-state index contributed by atoms with van der Waals surface area (Å²) in [5.41, 5.74) is 5.29. The van der Waals surface area contributed by atoms with Crippen molar-refractivity contribution >= 4 is 21.5 Å². The van der Waals surface area contributed by atoms with Gasteiger partial charge in [-0.3, -0.25) is 4.72 Å². The summed E-state index contributed by atoms with van der Waals surface area (Å²) in [7, 11) is -3.92. The molecule has 8 heteroatoms. The molecule has 1 heterocycles. The molecule has 0 aliphatic heterocycles. The third-order valence-corrected chi connectivity index (χ3v) is 3.61. The van der Waals surface area contributed by atoms with Crippen LogP contribution in [0.25, 0.3) is 0 Å². The highest BCUT2D eigenvalue weighted by molar-refractivity contribution is 7.92. The molecule has 0 saturated carbocycles. The number of nitrogens with zero attached hydrogens (tertiary/aromatic N) is 1. The molecule has 2 aromatic rings. The summed E-state index contributed by atoms with van der Waals surface area (Å²) in [6.45, 7) is 0. The number of pyridine rings is 1. The maximum absolute atomic E-state index is 13.0. The average molecular weight is 285 g/mol. The molecule has 0 atom stereocenters. The van der Waals surface area contributed by atoms with Crippen LogP contribution in [0.15, 0.2) is 41.4 Å². The summed E-state index contributed by atoms with van der Waals surface area (Å²) in [5, 5.41) is 0. The van der Waals surface area contributed by atoms with Gasteiger partial charge in [-0.05, 0) is 18.2 Å². The Morgan fingerprint density at radius 1 is 1.11 bits per heavy atom. The molecular formula is C11H9F2N3O2S. The van der Waals surface area contributed by atoms with Gasteiger partial charge in [0.2, 0.25) is 0 Å². The number of nitrogens with two attached hydrogens (primary N) is 1. The highest BCUT2D eigenvalue weighted by Crippen LogP contribution is 2.18. The summed E-state index contributed by atoms with van der Waals surface area (Å²) in [6, 6.07) is 5.08. The molecule has 1 aromatic carbocycles. The number of sulfonamides is 1. The minimum absolute atomic E-state index is 0.0353. The molecule has 2 rings (SSSR count). The van der Waals surface area contributed by atoms with E-state index in [2.05, 4.69) is 9.71 Å². The standard InChI is InChI=1S/C11H9F2N3O2S/c12-9-2-1-7(5-10(9)13)16-19(17,18)8-3-4-15-11(14)6-8/h1-6,16H,(H2,14,15). The topological polar surface area (TPSA) is 85.1 Å². The Bertz CT molecular complexity index is 720. The lowest BCUT2D eigenvalue weighted by Gasteiger charge is -2.08. The fourth-order valence-electron chi connectivity index (χ4n) is 1.37. The third-order valence-electron chi connectivity index (χ3n) is 2.23. The summed E-state index contributed by atoms with van der Waals surface area (Å²) >= 11 is 0. The Morgan fingerprint density at radius 3 is 2.47 bits per heavy atom. The van der Waals surface area contributed by atoms with Crippen molar-refractivity contribution in [2.24, 2.45) is 0 Å². The normalized spacial score (nSPS) is 11.3. The predicted molar refractivity (Wildman–Crippen MR) is 65.8 cm³/mol. The fraction of sp³-hybridized carbons (Fsp3) is 0. The van der Waals surface area contributed by atoms with Crippen LogP contribution >= 0.6 is 0 Å². The predicted octanol–water partition coefficient (Wildman–Crippen LogP) is 1.74. The first-order chi connectivity index (χ1) is 8.88. The van der Waals surface area contributed by atoms with E-state index in [-0.39, 0.29) is 16.4 Å². The van der Waals surface area contributed by atoms with E-state index in [0.717, 1.165) is 24.3 Å². The van der Waals surface area contributed by atoms with E-state index in [0.29, 0.717) is 0 Å². The lowest BCUT2D eigenvalue weighted by molar-refractivity contribution is 0.509. The number of rotatable bonds is 3. The van der Waals surface area contributed by atoms with Crippen molar-refractivity contribution in [3.8, 4) is 0 Å². The monoisotopic (exact) mass is 285 g/mol. The first-order valence-electron chi connectivity index (χ1n) is 5.08. The van der Waals surface area contributed by atoms with Gasteiger partial charge in [0.1, 0.15) is 5.82 Å². The Balaban J connectivity index is 2.33. The SMILES string of the molecule is Nc1cc(S(=O)(=O)Nc2ccc(F)c(F)c2)ccn1. The molecule has 1 aromatic heterocycles. The van der Waals surface area contributed by atoms with Crippen LogP contribution in [0.3, 0.4) is 0 Å². The van der Waals surface area contributed by atoms with Gasteiger partial charge in [0.15, 0.2) is 11.6 Å². The number of hydrogen-bond donors (Lipinski definition) is 2. The molecule has 0 amide bonds. The number of hydrogen-bond acceptors (Lipinski definition) is 4. The van der Waals surface area contributed by atoms with Crippen LogP contribution in [0.2, 0.25) is 0 Å². The second kappa shape index (κ2) is 4.81. The molecule has 100 valence electrons. The van der Waals surface area contributed by atoms with Gasteiger partial charge in [-0.2, -0.15) is 0 Å². The van der Waals surface area contributed by atoms with E-state index in [4.69, 9.17) is 5.73 Å². The molecular weight excluding hydrogens is 276 g/mol. The number of halogens is 2. The van der Waals surface area contributed by atoms with Gasteiger partial charge in [0.05, 0.1) is 10.6 Å². The van der Waals surface area contributed by atoms with Crippen molar-refractivity contribution in [3.05, 3.63) is 48.2 Å². The van der Waals surface area contributed by atoms with Gasteiger partial charge in [0.25, 0.3) is 10.0 Å². The average Bonchev–Trinajstić information content (AvgIpc) is 2.33. The van der Waals surface area contributed by atoms with Crippen molar-refractivity contribution in [2.45, 2.75) is 4.90 Å². The highest BCUT2D eigenvalue weighted by atomic mass is 32.2. The van der Waals surface area contributed by atoms with Gasteiger partial charge in [-0.15, -0.1) is 0 Å². The zero-order valence-corrected chi connectivity index (χ0v) is 10.3. The molecule has 3 N–H and O–H groups in total. The maximum atomic E-state index is 13.0. The van der Waals surface area contributed by atoms with E-state index < -0.39 is 21.7 Å². The second-order valence-electron chi connectivity index (χ2n) is 3.65. The summed E-state index contributed by atoms with van der Waals surface area (Å²) in [5.74, 6) is -2.17. The van der Waals surface area contributed by atoms with Crippen LogP contribution < -0.4 is 10.5 Å². The minimum atomic E-state index is -3.92. The summed E-state index contributed by atoms with van der Waals surface area (Å²) < 4.78 is 51.7. The molecule has 5 nitrogen and oxygen atoms in total. The zero-order chi connectivity index (χ0) is 14.0. The highest BCUT2D eigenvalue weighted by Gasteiger charge is 2.15. The van der Waals surface area contributed by atoms with Gasteiger partial charge >= 0.3 is 0 Å². The molecule has 0 saturated heterocycles. The van der Waals surface area contributed by atoms with Crippen LogP contribution in [0, 0.1) is 11.6 Å². The van der Waals surface area contributed by atoms with Crippen molar-refractivity contribution < 1.29 is 17.2 Å². The number of nitrogens with one attached hydrogen (secondary N) is 1. The maximum Gasteiger partial charge on any atom is 0.262 e. The quantitative estimate of drug-likeness (QED) is 0.899. The van der Waals surface area contributed by atoms with Crippen LogP contribution in [0.1, 0.15) is 0 Å². The molecule has 0 aliphatic rings. The molecule has 19 heavy (non-hydrogen) atoms. The largest absolute Gasteiger partial charge is 0.384 e. The van der Waals surface area contributed by atoms with Crippen molar-refractivity contribution in [2.75, 3.05) is 10.5 Å². The van der Waals surface area contributed by atoms with Crippen LogP contribution in [-0.2, 0) is 10.0 Å². The Labute approximate surface area is 108 Å². The number of nitrogen functional groups attached to an aromatic ring is 1. The van der Waals surface area contributed by atoms with E-state index in [9.17, 15) is 17.2 Å². The molecule has 0 unspecified atom stereocenters. The van der Waals surface area contributed by atoms with E-state index in [1.54, 1.807) is 0 Å². The van der Waals surface area contributed by atoms with Crippen LogP contribution in [0.4, 0.5) is 20.3 Å². The zero-order valence-electron chi connectivity index (χ0n) is 9.47. The summed E-state index contributed by atoms with van der Waals surface area (Å²) in [6.07, 6.45) is 1.23. The van der Waals surface area contributed by atoms with E-state index in [1.807, 2.05) is 0 Å². The van der Waals surface area contributed by atoms with Gasteiger partial charge in [0, 0.05) is 18.3 Å². The lowest BCUT2D eigenvalue weighted by Crippen LogP contribution is -2.13. The number of benzene rings is 1. The first kappa shape index (κ1) is 13.2. The summed E-state index contributed by atoms with van der Waals surface area (Å²) in [4.78, 5) is 3.54. The van der Waals surface area contributed by atoms with Crippen molar-refractivity contribution in [1.82, 2.24) is 4.98 Å². The third kappa shape index (κ3) is 2.97. The minimum Gasteiger partial charge on any atom is -0.384 e. The van der Waals surface area contributed by atoms with E-state index >= 15 is 0 Å². The van der Waals surface area contributed by atoms with E-state index in [1.165, 1.54) is 12.3 Å².